The van der Waals surface area contributed by atoms with Gasteiger partial charge in [0.25, 0.3) is 0 Å². The van der Waals surface area contributed by atoms with Crippen LogP contribution in [-0.4, -0.2) is 97.9 Å². The molecule has 3 heterocycles. The second kappa shape index (κ2) is 34.1. The maximum Gasteiger partial charge on any atom is 0.481 e. The zero-order valence-corrected chi connectivity index (χ0v) is 42.3. The highest BCUT2D eigenvalue weighted by Gasteiger charge is 2.46. The van der Waals surface area contributed by atoms with Crippen molar-refractivity contribution >= 4 is 33.4 Å². The van der Waals surface area contributed by atoms with Crippen LogP contribution in [0.3, 0.4) is 0 Å². The molecule has 1 aromatic rings. The Bertz CT molecular complexity index is 1910. The van der Waals surface area contributed by atoms with E-state index in [9.17, 15) is 43.5 Å². The number of phosphoric acid groups is 2. The summed E-state index contributed by atoms with van der Waals surface area (Å²) in [5, 5.41) is 20.9. The lowest BCUT2D eigenvalue weighted by molar-refractivity contribution is -0.161. The van der Waals surface area contributed by atoms with Gasteiger partial charge in [0.05, 0.1) is 25.4 Å². The van der Waals surface area contributed by atoms with Crippen molar-refractivity contribution in [1.82, 2.24) is 9.55 Å². The van der Waals surface area contributed by atoms with Gasteiger partial charge in [0, 0.05) is 19.0 Å². The third-order valence-electron chi connectivity index (χ3n) is 11.3. The quantitative estimate of drug-likeness (QED) is 0.0135. The van der Waals surface area contributed by atoms with E-state index in [2.05, 4.69) is 65.7 Å². The molecule has 21 heteroatoms. The van der Waals surface area contributed by atoms with Crippen molar-refractivity contribution in [3.63, 3.8) is 0 Å². The number of nitrogen functional groups attached to an aromatic ring is 1. The number of carbonyl (C=O) groups is 2. The van der Waals surface area contributed by atoms with E-state index in [-0.39, 0.29) is 18.7 Å². The van der Waals surface area contributed by atoms with Crippen LogP contribution in [0, 0.1) is 0 Å². The standard InChI is InChI=1S/C48H79N3O16P2/c1-3-5-7-8-9-10-11-12-13-14-15-16-21-24-28-32-44(53)64-38(35-61-43(52)31-27-23-20-18-17-19-22-26-30-40-39(65-40)29-25-6-4-2)36-62-68(57,58)67-69(59,60)63-37-41-45(54)46(55)47(66-41)51-34-33-42(49)50-48(51)56/h9-10,12-13,15-16,22,26,33-34,38-41,45-47,54-55H,3-8,11,14,17-21,23-25,27-32,35-37H2,1-2H3,(H,57,58)(H,59,60)(H2,49,50,56)/b10-9-,13-12-,16-15-,26-22-/t38-,39?,40?,41-,45-,46-,47-/m1/s1. The molecule has 6 N–H and O–H groups in total. The molecule has 2 fully saturated rings. The van der Waals surface area contributed by atoms with Gasteiger partial charge in [0.1, 0.15) is 30.7 Å². The molecular formula is C48H79N3O16P2. The number of anilines is 1. The van der Waals surface area contributed by atoms with Gasteiger partial charge in [-0.15, -0.1) is 0 Å². The summed E-state index contributed by atoms with van der Waals surface area (Å²) in [6, 6.07) is 1.24. The van der Waals surface area contributed by atoms with Gasteiger partial charge < -0.3 is 44.7 Å². The summed E-state index contributed by atoms with van der Waals surface area (Å²) < 4.78 is 62.4. The number of aromatic nitrogens is 2. The molecule has 392 valence electrons. The normalized spacial score (nSPS) is 22.7. The summed E-state index contributed by atoms with van der Waals surface area (Å²) in [6.07, 6.45) is 30.8. The molecule has 1 aromatic heterocycles. The van der Waals surface area contributed by atoms with E-state index in [1.165, 1.54) is 44.6 Å². The van der Waals surface area contributed by atoms with Crippen LogP contribution in [0.4, 0.5) is 5.82 Å². The van der Waals surface area contributed by atoms with Crippen LogP contribution in [0.1, 0.15) is 161 Å². The smallest absolute Gasteiger partial charge is 0.462 e. The van der Waals surface area contributed by atoms with Crippen LogP contribution in [0.2, 0.25) is 0 Å². The first-order valence-corrected chi connectivity index (χ1v) is 27.8. The zero-order valence-electron chi connectivity index (χ0n) is 40.5. The third-order valence-corrected chi connectivity index (χ3v) is 13.9. The molecular weight excluding hydrogens is 936 g/mol. The summed E-state index contributed by atoms with van der Waals surface area (Å²) in [7, 11) is -10.9. The van der Waals surface area contributed by atoms with Crippen LogP contribution < -0.4 is 11.4 Å². The van der Waals surface area contributed by atoms with E-state index in [0.717, 1.165) is 81.4 Å². The number of rotatable bonds is 39. The number of epoxide rings is 1. The Morgan fingerprint density at radius 2 is 1.30 bits per heavy atom. The molecule has 0 amide bonds. The number of carbonyl (C=O) groups excluding carboxylic acids is 2. The summed E-state index contributed by atoms with van der Waals surface area (Å²) in [4.78, 5) is 61.8. The van der Waals surface area contributed by atoms with Crippen LogP contribution in [0.15, 0.2) is 65.7 Å². The highest BCUT2D eigenvalue weighted by Crippen LogP contribution is 2.60. The van der Waals surface area contributed by atoms with Gasteiger partial charge in [0.2, 0.25) is 0 Å². The Kier molecular flexibility index (Phi) is 29.7. The van der Waals surface area contributed by atoms with Crippen molar-refractivity contribution in [3.8, 4) is 0 Å². The van der Waals surface area contributed by atoms with Crippen LogP contribution in [0.25, 0.3) is 0 Å². The molecule has 3 rings (SSSR count). The molecule has 0 saturated carbocycles. The number of hydrogen-bond acceptors (Lipinski definition) is 16. The van der Waals surface area contributed by atoms with Gasteiger partial charge >= 0.3 is 33.3 Å². The van der Waals surface area contributed by atoms with Gasteiger partial charge in [-0.25, -0.2) is 13.9 Å². The van der Waals surface area contributed by atoms with Gasteiger partial charge in [-0.1, -0.05) is 114 Å². The van der Waals surface area contributed by atoms with E-state index in [1.54, 1.807) is 0 Å². The zero-order chi connectivity index (χ0) is 50.3. The van der Waals surface area contributed by atoms with Gasteiger partial charge in [-0.3, -0.25) is 23.2 Å². The Hall–Kier alpha value is -3.32. The van der Waals surface area contributed by atoms with E-state index in [0.29, 0.717) is 31.5 Å². The molecule has 4 unspecified atom stereocenters. The number of nitrogens with zero attached hydrogens (tertiary/aromatic N) is 2. The Morgan fingerprint density at radius 3 is 2.00 bits per heavy atom. The molecule has 0 spiro atoms. The lowest BCUT2D eigenvalue weighted by Gasteiger charge is -2.21. The molecule has 2 saturated heterocycles. The van der Waals surface area contributed by atoms with E-state index >= 15 is 0 Å². The maximum absolute atomic E-state index is 12.8. The molecule has 0 bridgehead atoms. The minimum absolute atomic E-state index is 0.00577. The molecule has 2 aliphatic heterocycles. The van der Waals surface area contributed by atoms with Crippen molar-refractivity contribution < 1.29 is 71.0 Å². The summed E-state index contributed by atoms with van der Waals surface area (Å²) in [5.41, 5.74) is 4.58. The largest absolute Gasteiger partial charge is 0.481 e. The van der Waals surface area contributed by atoms with E-state index in [1.807, 2.05) is 6.08 Å². The van der Waals surface area contributed by atoms with Gasteiger partial charge in [-0.2, -0.15) is 9.29 Å². The minimum Gasteiger partial charge on any atom is -0.462 e. The van der Waals surface area contributed by atoms with Crippen molar-refractivity contribution in [1.29, 1.82) is 0 Å². The number of unbranched alkanes of at least 4 members (excludes halogenated alkanes) is 12. The molecule has 9 atom stereocenters. The first-order valence-electron chi connectivity index (χ1n) is 24.8. The monoisotopic (exact) mass is 1020 g/mol. The van der Waals surface area contributed by atoms with E-state index < -0.39 is 83.7 Å². The number of allylic oxidation sites excluding steroid dienone is 7. The van der Waals surface area contributed by atoms with Crippen LogP contribution in [-0.2, 0) is 51.0 Å². The lowest BCUT2D eigenvalue weighted by Crippen LogP contribution is -2.36. The average Bonchev–Trinajstić information content (AvgIpc) is 3.99. The highest BCUT2D eigenvalue weighted by molar-refractivity contribution is 7.61. The average molecular weight is 1020 g/mol. The summed E-state index contributed by atoms with van der Waals surface area (Å²) >= 11 is 0. The summed E-state index contributed by atoms with van der Waals surface area (Å²) in [6.45, 7) is 2.03. The number of aliphatic hydroxyl groups is 2. The van der Waals surface area contributed by atoms with Gasteiger partial charge in [-0.05, 0) is 83.1 Å². The van der Waals surface area contributed by atoms with Crippen LogP contribution in [0.5, 0.6) is 0 Å². The molecule has 69 heavy (non-hydrogen) atoms. The van der Waals surface area contributed by atoms with Crippen molar-refractivity contribution in [2.45, 2.75) is 198 Å². The molecule has 19 nitrogen and oxygen atoms in total. The van der Waals surface area contributed by atoms with Crippen LogP contribution >= 0.6 is 15.6 Å². The number of esters is 2. The highest BCUT2D eigenvalue weighted by atomic mass is 31.3. The Morgan fingerprint density at radius 1 is 0.725 bits per heavy atom. The SMILES string of the molecule is CCCCC/C=C\C/C=C\C/C=C\CCCCC(=O)O[C@H](COC(=O)CCCCCCC/C=C\CC1OC1CCCCC)COP(=O)(O)OP(=O)(O)OC[C@H]1O[C@@H](n2ccc(N)nc2=O)[C@H](O)[C@@H]1O. The Balaban J connectivity index is 1.42. The van der Waals surface area contributed by atoms with Gasteiger partial charge in [0.15, 0.2) is 12.3 Å². The van der Waals surface area contributed by atoms with Crippen molar-refractivity contribution in [2.24, 2.45) is 0 Å². The predicted molar refractivity (Wildman–Crippen MR) is 260 cm³/mol. The number of hydrogen-bond donors (Lipinski definition) is 5. The van der Waals surface area contributed by atoms with Crippen molar-refractivity contribution in [3.05, 3.63) is 71.4 Å². The molecule has 0 radical (unpaired) electrons. The predicted octanol–water partition coefficient (Wildman–Crippen LogP) is 8.76. The molecule has 2 aliphatic rings. The Labute approximate surface area is 407 Å². The summed E-state index contributed by atoms with van der Waals surface area (Å²) in [5.74, 6) is -1.37. The second-order valence-corrected chi connectivity index (χ2v) is 20.4. The number of aliphatic hydroxyl groups excluding tert-OH is 2. The third kappa shape index (κ3) is 26.6. The van der Waals surface area contributed by atoms with E-state index in [4.69, 9.17) is 33.7 Å². The number of ether oxygens (including phenoxy) is 4. The second-order valence-electron chi connectivity index (χ2n) is 17.3. The number of nitrogens with two attached hydrogens (primary N) is 1. The fourth-order valence-corrected chi connectivity index (χ4v) is 9.44. The first-order chi connectivity index (χ1) is 33.1. The lowest BCUT2D eigenvalue weighted by atomic mass is 10.1. The molecule has 0 aromatic carbocycles. The maximum atomic E-state index is 12.8. The molecule has 0 aliphatic carbocycles. The topological polar surface area (TPSA) is 278 Å². The first kappa shape index (κ1) is 60.0. The fraction of sp³-hybridized carbons (Fsp3) is 0.708. The number of phosphoric ester groups is 2. The van der Waals surface area contributed by atoms with Crippen molar-refractivity contribution in [2.75, 3.05) is 25.6 Å². The fourth-order valence-electron chi connectivity index (χ4n) is 7.33. The minimum atomic E-state index is -5.44.